The summed E-state index contributed by atoms with van der Waals surface area (Å²) in [4.78, 5) is 25.8. The maximum atomic E-state index is 12.4. The van der Waals surface area contributed by atoms with Gasteiger partial charge in [0, 0.05) is 16.3 Å². The predicted molar refractivity (Wildman–Crippen MR) is 116 cm³/mol. The number of thiophene rings is 1. The lowest BCUT2D eigenvalue weighted by Gasteiger charge is -2.11. The average molecular weight is 437 g/mol. The summed E-state index contributed by atoms with van der Waals surface area (Å²) in [6, 6.07) is 7.43. The van der Waals surface area contributed by atoms with Crippen molar-refractivity contribution in [2.24, 2.45) is 0 Å². The van der Waals surface area contributed by atoms with Gasteiger partial charge in [-0.05, 0) is 62.0 Å². The summed E-state index contributed by atoms with van der Waals surface area (Å²) in [6.45, 7) is 2.09. The zero-order valence-electron chi connectivity index (χ0n) is 15.5. The van der Waals surface area contributed by atoms with Gasteiger partial charge in [-0.3, -0.25) is 4.79 Å². The molecule has 0 fully saturated rings. The number of hydrogen-bond acceptors (Lipinski definition) is 5. The molecule has 1 aliphatic rings. The minimum absolute atomic E-state index is 0.176. The molecule has 5 nitrogen and oxygen atoms in total. The van der Waals surface area contributed by atoms with Crippen molar-refractivity contribution in [3.63, 3.8) is 0 Å². The molecule has 148 valence electrons. The number of rotatable bonds is 6. The number of nitrogens with one attached hydrogen (secondary N) is 2. The van der Waals surface area contributed by atoms with Gasteiger partial charge in [-0.2, -0.15) is 0 Å². The lowest BCUT2D eigenvalue weighted by atomic mass is 10.1. The van der Waals surface area contributed by atoms with Crippen LogP contribution in [0.1, 0.15) is 46.1 Å². The van der Waals surface area contributed by atoms with E-state index in [-0.39, 0.29) is 23.4 Å². The number of anilines is 1. The third-order valence-corrected chi connectivity index (χ3v) is 6.24. The van der Waals surface area contributed by atoms with Crippen LogP contribution in [-0.4, -0.2) is 23.6 Å². The Hall–Kier alpha value is -1.96. The van der Waals surface area contributed by atoms with Crippen LogP contribution in [0.2, 0.25) is 5.02 Å². The highest BCUT2D eigenvalue weighted by Crippen LogP contribution is 2.39. The van der Waals surface area contributed by atoms with E-state index in [0.717, 1.165) is 30.4 Å². The summed E-state index contributed by atoms with van der Waals surface area (Å²) < 4.78 is 5.20. The summed E-state index contributed by atoms with van der Waals surface area (Å²) in [5.74, 6) is -0.559. The fourth-order valence-corrected chi connectivity index (χ4v) is 4.98. The van der Waals surface area contributed by atoms with Crippen molar-refractivity contribution in [2.45, 2.75) is 39.0 Å². The van der Waals surface area contributed by atoms with Gasteiger partial charge in [-0.15, -0.1) is 11.3 Å². The van der Waals surface area contributed by atoms with E-state index in [1.54, 1.807) is 13.0 Å². The monoisotopic (exact) mass is 436 g/mol. The van der Waals surface area contributed by atoms with E-state index in [4.69, 9.17) is 28.6 Å². The minimum Gasteiger partial charge on any atom is -0.462 e. The van der Waals surface area contributed by atoms with Crippen molar-refractivity contribution in [1.82, 2.24) is 5.32 Å². The van der Waals surface area contributed by atoms with Crippen LogP contribution in [0.3, 0.4) is 0 Å². The molecule has 0 aliphatic heterocycles. The molecule has 1 amide bonds. The molecular weight excluding hydrogens is 416 g/mol. The molecule has 1 aromatic heterocycles. The molecular formula is C20H21ClN2O3S2. The number of carbonyl (C=O) groups excluding carboxylic acids is 2. The molecule has 0 bridgehead atoms. The third-order valence-electron chi connectivity index (χ3n) is 4.46. The summed E-state index contributed by atoms with van der Waals surface area (Å²) >= 11 is 12.9. The maximum Gasteiger partial charge on any atom is 0.341 e. The van der Waals surface area contributed by atoms with E-state index in [1.165, 1.54) is 16.2 Å². The van der Waals surface area contributed by atoms with Crippen molar-refractivity contribution in [3.8, 4) is 0 Å². The number of thiocarbonyl (C=S) groups is 1. The van der Waals surface area contributed by atoms with Crippen molar-refractivity contribution in [1.29, 1.82) is 0 Å². The number of esters is 1. The molecule has 1 heterocycles. The highest BCUT2D eigenvalue weighted by atomic mass is 35.5. The standard InChI is InChI=1S/C20H21ClN2O3S2/c1-2-26-19(25)17-13-7-5-9-15(13)28-18(17)23-20(27)22-16(24)11-10-12-6-3-4-8-14(12)21/h3-4,6,8H,2,5,7,9-11H2,1H3,(H2,22,23,24,27). The Morgan fingerprint density at radius 2 is 2.07 bits per heavy atom. The topological polar surface area (TPSA) is 67.4 Å². The first-order chi connectivity index (χ1) is 13.5. The van der Waals surface area contributed by atoms with Gasteiger partial charge in [0.05, 0.1) is 12.2 Å². The van der Waals surface area contributed by atoms with E-state index in [2.05, 4.69) is 10.6 Å². The van der Waals surface area contributed by atoms with Gasteiger partial charge in [0.2, 0.25) is 5.91 Å². The number of halogens is 1. The average Bonchev–Trinajstić information content (AvgIpc) is 3.21. The van der Waals surface area contributed by atoms with E-state index in [0.29, 0.717) is 28.6 Å². The molecule has 0 spiro atoms. The van der Waals surface area contributed by atoms with Gasteiger partial charge in [-0.25, -0.2) is 4.79 Å². The lowest BCUT2D eigenvalue weighted by Crippen LogP contribution is -2.34. The third kappa shape index (κ3) is 4.90. The number of benzene rings is 1. The van der Waals surface area contributed by atoms with Gasteiger partial charge in [0.25, 0.3) is 0 Å². The zero-order chi connectivity index (χ0) is 20.1. The van der Waals surface area contributed by atoms with E-state index in [1.807, 2.05) is 18.2 Å². The summed E-state index contributed by atoms with van der Waals surface area (Å²) in [5.41, 5.74) is 2.50. The molecule has 8 heteroatoms. The molecule has 3 rings (SSSR count). The van der Waals surface area contributed by atoms with Crippen LogP contribution in [-0.2, 0) is 28.8 Å². The molecule has 0 atom stereocenters. The minimum atomic E-state index is -0.350. The molecule has 0 saturated heterocycles. The highest BCUT2D eigenvalue weighted by Gasteiger charge is 2.28. The second-order valence-corrected chi connectivity index (χ2v) is 8.30. The number of ether oxygens (including phenoxy) is 1. The first-order valence-electron chi connectivity index (χ1n) is 9.15. The summed E-state index contributed by atoms with van der Waals surface area (Å²) in [6.07, 6.45) is 3.63. The Morgan fingerprint density at radius 3 is 2.82 bits per heavy atom. The fourth-order valence-electron chi connectivity index (χ4n) is 3.18. The molecule has 0 radical (unpaired) electrons. The number of aryl methyl sites for hydroxylation is 2. The van der Waals surface area contributed by atoms with E-state index in [9.17, 15) is 9.59 Å². The van der Waals surface area contributed by atoms with Gasteiger partial charge in [0.1, 0.15) is 5.00 Å². The quantitative estimate of drug-likeness (QED) is 0.515. The van der Waals surface area contributed by atoms with Crippen LogP contribution in [0, 0.1) is 0 Å². The highest BCUT2D eigenvalue weighted by molar-refractivity contribution is 7.80. The van der Waals surface area contributed by atoms with Gasteiger partial charge < -0.3 is 15.4 Å². The molecule has 1 aliphatic carbocycles. The number of fused-ring (bicyclic) bond motifs is 1. The first kappa shape index (κ1) is 20.8. The van der Waals surface area contributed by atoms with Crippen LogP contribution in [0.15, 0.2) is 24.3 Å². The Labute approximate surface area is 178 Å². The predicted octanol–water partition coefficient (Wildman–Crippen LogP) is 4.51. The van der Waals surface area contributed by atoms with Crippen molar-refractivity contribution in [2.75, 3.05) is 11.9 Å². The van der Waals surface area contributed by atoms with E-state index >= 15 is 0 Å². The molecule has 2 N–H and O–H groups in total. The van der Waals surface area contributed by atoms with Crippen LogP contribution in [0.4, 0.5) is 5.00 Å². The Kier molecular flexibility index (Phi) is 7.04. The normalized spacial score (nSPS) is 12.4. The van der Waals surface area contributed by atoms with E-state index < -0.39 is 0 Å². The maximum absolute atomic E-state index is 12.4. The smallest absolute Gasteiger partial charge is 0.341 e. The van der Waals surface area contributed by atoms with Crippen molar-refractivity contribution in [3.05, 3.63) is 50.9 Å². The molecule has 0 unspecified atom stereocenters. The Morgan fingerprint density at radius 1 is 1.29 bits per heavy atom. The Bertz CT molecular complexity index is 911. The van der Waals surface area contributed by atoms with Crippen molar-refractivity contribution >= 4 is 57.1 Å². The van der Waals surface area contributed by atoms with Crippen LogP contribution in [0.25, 0.3) is 0 Å². The molecule has 2 aromatic rings. The molecule has 0 saturated carbocycles. The number of amides is 1. The summed E-state index contributed by atoms with van der Waals surface area (Å²) in [5, 5.41) is 7.14. The van der Waals surface area contributed by atoms with Gasteiger partial charge >= 0.3 is 5.97 Å². The molecule has 1 aromatic carbocycles. The molecule has 28 heavy (non-hydrogen) atoms. The second-order valence-electron chi connectivity index (χ2n) is 6.38. The van der Waals surface area contributed by atoms with Crippen LogP contribution < -0.4 is 10.6 Å². The zero-order valence-corrected chi connectivity index (χ0v) is 17.9. The lowest BCUT2D eigenvalue weighted by molar-refractivity contribution is -0.119. The Balaban J connectivity index is 1.61. The van der Waals surface area contributed by atoms with Crippen LogP contribution >= 0.6 is 35.2 Å². The van der Waals surface area contributed by atoms with Gasteiger partial charge in [-0.1, -0.05) is 29.8 Å². The first-order valence-corrected chi connectivity index (χ1v) is 10.8. The number of carbonyl (C=O) groups is 2. The second kappa shape index (κ2) is 9.49. The van der Waals surface area contributed by atoms with Crippen molar-refractivity contribution < 1.29 is 14.3 Å². The largest absolute Gasteiger partial charge is 0.462 e. The fraction of sp³-hybridized carbons (Fsp3) is 0.350. The summed E-state index contributed by atoms with van der Waals surface area (Å²) in [7, 11) is 0. The van der Waals surface area contributed by atoms with Gasteiger partial charge in [0.15, 0.2) is 5.11 Å². The van der Waals surface area contributed by atoms with Crippen LogP contribution in [0.5, 0.6) is 0 Å². The SMILES string of the molecule is CCOC(=O)c1c(NC(=S)NC(=O)CCc2ccccc2Cl)sc2c1CCC2. The number of hydrogen-bond donors (Lipinski definition) is 2.